The van der Waals surface area contributed by atoms with Crippen LogP contribution in [0.4, 0.5) is 0 Å². The van der Waals surface area contributed by atoms with E-state index in [-0.39, 0.29) is 24.2 Å². The van der Waals surface area contributed by atoms with Crippen molar-refractivity contribution < 1.29 is 14.3 Å². The van der Waals surface area contributed by atoms with E-state index in [1.54, 1.807) is 0 Å². The molecular weight excluding hydrogens is 244 g/mol. The summed E-state index contributed by atoms with van der Waals surface area (Å²) in [5, 5.41) is 3.01. The van der Waals surface area contributed by atoms with Crippen molar-refractivity contribution in [1.82, 2.24) is 5.32 Å². The summed E-state index contributed by atoms with van der Waals surface area (Å²) in [5.74, 6) is 0.612. The van der Waals surface area contributed by atoms with E-state index >= 15 is 0 Å². The Morgan fingerprint density at radius 1 is 1.42 bits per heavy atom. The maximum Gasteiger partial charge on any atom is 0.246 e. The van der Waals surface area contributed by atoms with Gasteiger partial charge in [-0.15, -0.1) is 0 Å². The molecule has 0 spiro atoms. The lowest BCUT2D eigenvalue weighted by atomic mass is 10.0. The highest BCUT2D eigenvalue weighted by atomic mass is 16.5. The van der Waals surface area contributed by atoms with Crippen LogP contribution in [0.3, 0.4) is 0 Å². The monoisotopic (exact) mass is 270 g/mol. The van der Waals surface area contributed by atoms with Crippen LogP contribution in [0, 0.1) is 5.92 Å². The molecule has 5 heteroatoms. The molecule has 1 aliphatic carbocycles. The van der Waals surface area contributed by atoms with Crippen molar-refractivity contribution in [3.63, 3.8) is 0 Å². The van der Waals surface area contributed by atoms with Crippen molar-refractivity contribution in [2.45, 2.75) is 50.7 Å². The molecule has 1 amide bonds. The largest absolute Gasteiger partial charge is 0.381 e. The molecule has 110 valence electrons. The maximum absolute atomic E-state index is 11.9. The lowest BCUT2D eigenvalue weighted by Crippen LogP contribution is -2.44. The second-order valence-corrected chi connectivity index (χ2v) is 5.98. The van der Waals surface area contributed by atoms with Gasteiger partial charge < -0.3 is 20.5 Å². The lowest BCUT2D eigenvalue weighted by molar-refractivity contribution is -0.134. The SMILES string of the molecule is CC1CCC(CN)(OCC(=O)NC2CCOCC2)C1. The topological polar surface area (TPSA) is 73.6 Å². The number of carbonyl (C=O) groups excluding carboxylic acids is 1. The highest BCUT2D eigenvalue weighted by Crippen LogP contribution is 2.36. The van der Waals surface area contributed by atoms with Gasteiger partial charge in [0.15, 0.2) is 0 Å². The summed E-state index contributed by atoms with van der Waals surface area (Å²) >= 11 is 0. The Labute approximate surface area is 115 Å². The van der Waals surface area contributed by atoms with E-state index in [0.29, 0.717) is 12.5 Å². The first-order valence-corrected chi connectivity index (χ1v) is 7.35. The minimum atomic E-state index is -0.271. The van der Waals surface area contributed by atoms with E-state index in [4.69, 9.17) is 15.2 Å². The van der Waals surface area contributed by atoms with Crippen LogP contribution < -0.4 is 11.1 Å². The van der Waals surface area contributed by atoms with Crippen LogP contribution >= 0.6 is 0 Å². The number of nitrogens with one attached hydrogen (secondary N) is 1. The standard InChI is InChI=1S/C14H26N2O3/c1-11-2-5-14(8-11,10-15)19-9-13(17)16-12-3-6-18-7-4-12/h11-12H,2-10,15H2,1H3,(H,16,17). The molecule has 1 aliphatic heterocycles. The van der Waals surface area contributed by atoms with Crippen LogP contribution in [0.1, 0.15) is 39.0 Å². The zero-order valence-electron chi connectivity index (χ0n) is 11.8. The Hall–Kier alpha value is -0.650. The first-order valence-electron chi connectivity index (χ1n) is 7.35. The fourth-order valence-corrected chi connectivity index (χ4v) is 3.05. The third-order valence-electron chi connectivity index (χ3n) is 4.28. The first kappa shape index (κ1) is 14.8. The van der Waals surface area contributed by atoms with Crippen LogP contribution in [0.5, 0.6) is 0 Å². The van der Waals surface area contributed by atoms with Crippen molar-refractivity contribution in [3.05, 3.63) is 0 Å². The zero-order chi connectivity index (χ0) is 13.7. The molecule has 2 rings (SSSR count). The molecule has 3 N–H and O–H groups in total. The number of hydrogen-bond donors (Lipinski definition) is 2. The van der Waals surface area contributed by atoms with Gasteiger partial charge in [0, 0.05) is 25.8 Å². The van der Waals surface area contributed by atoms with Crippen LogP contribution in [0.15, 0.2) is 0 Å². The average molecular weight is 270 g/mol. The molecule has 2 atom stereocenters. The van der Waals surface area contributed by atoms with Gasteiger partial charge in [-0.2, -0.15) is 0 Å². The third-order valence-corrected chi connectivity index (χ3v) is 4.28. The Morgan fingerprint density at radius 3 is 2.74 bits per heavy atom. The molecule has 1 heterocycles. The van der Waals surface area contributed by atoms with E-state index < -0.39 is 0 Å². The molecule has 2 unspecified atom stereocenters. The summed E-state index contributed by atoms with van der Waals surface area (Å²) in [6.45, 7) is 4.30. The molecule has 19 heavy (non-hydrogen) atoms. The molecule has 1 saturated carbocycles. The van der Waals surface area contributed by atoms with Gasteiger partial charge >= 0.3 is 0 Å². The van der Waals surface area contributed by atoms with E-state index in [0.717, 1.165) is 45.3 Å². The number of amides is 1. The number of ether oxygens (including phenoxy) is 2. The molecule has 5 nitrogen and oxygen atoms in total. The number of hydrogen-bond acceptors (Lipinski definition) is 4. The maximum atomic E-state index is 11.9. The van der Waals surface area contributed by atoms with Crippen molar-refractivity contribution in [2.24, 2.45) is 11.7 Å². The third kappa shape index (κ3) is 4.16. The highest BCUT2D eigenvalue weighted by molar-refractivity contribution is 5.77. The highest BCUT2D eigenvalue weighted by Gasteiger charge is 2.37. The second kappa shape index (κ2) is 6.68. The van der Waals surface area contributed by atoms with Gasteiger partial charge in [0.2, 0.25) is 5.91 Å². The van der Waals surface area contributed by atoms with Crippen molar-refractivity contribution in [2.75, 3.05) is 26.4 Å². The van der Waals surface area contributed by atoms with E-state index in [1.807, 2.05) is 0 Å². The minimum Gasteiger partial charge on any atom is -0.381 e. The second-order valence-electron chi connectivity index (χ2n) is 5.98. The Kier molecular flexibility index (Phi) is 5.19. The molecule has 0 aromatic heterocycles. The number of carbonyl (C=O) groups is 1. The summed E-state index contributed by atoms with van der Waals surface area (Å²) in [4.78, 5) is 11.9. The summed E-state index contributed by atoms with van der Waals surface area (Å²) < 4.78 is 11.1. The number of nitrogens with two attached hydrogens (primary N) is 1. The molecule has 2 fully saturated rings. The zero-order valence-corrected chi connectivity index (χ0v) is 11.8. The molecule has 2 aliphatic rings. The van der Waals surface area contributed by atoms with Gasteiger partial charge in [0.1, 0.15) is 6.61 Å². The van der Waals surface area contributed by atoms with Crippen LogP contribution in [-0.4, -0.2) is 43.9 Å². The van der Waals surface area contributed by atoms with Crippen molar-refractivity contribution in [1.29, 1.82) is 0 Å². The summed E-state index contributed by atoms with van der Waals surface area (Å²) in [7, 11) is 0. The molecule has 0 aromatic carbocycles. The average Bonchev–Trinajstić information content (AvgIpc) is 2.80. The predicted octanol–water partition coefficient (Wildman–Crippen LogP) is 0.816. The van der Waals surface area contributed by atoms with Gasteiger partial charge in [-0.1, -0.05) is 6.92 Å². The molecule has 0 bridgehead atoms. The lowest BCUT2D eigenvalue weighted by Gasteiger charge is -2.29. The summed E-state index contributed by atoms with van der Waals surface area (Å²) in [6.07, 6.45) is 4.86. The van der Waals surface area contributed by atoms with Crippen LogP contribution in [0.2, 0.25) is 0 Å². The fraction of sp³-hybridized carbons (Fsp3) is 0.929. The fourth-order valence-electron chi connectivity index (χ4n) is 3.05. The van der Waals surface area contributed by atoms with Gasteiger partial charge in [-0.3, -0.25) is 4.79 Å². The van der Waals surface area contributed by atoms with E-state index in [2.05, 4.69) is 12.2 Å². The quantitative estimate of drug-likeness (QED) is 0.775. The minimum absolute atomic E-state index is 0.0284. The Bertz CT molecular complexity index is 305. The van der Waals surface area contributed by atoms with Gasteiger partial charge in [0.25, 0.3) is 0 Å². The first-order chi connectivity index (χ1) is 9.13. The molecule has 0 aromatic rings. The normalized spacial score (nSPS) is 32.4. The van der Waals surface area contributed by atoms with Crippen LogP contribution in [0.25, 0.3) is 0 Å². The Morgan fingerprint density at radius 2 is 2.16 bits per heavy atom. The van der Waals surface area contributed by atoms with Crippen molar-refractivity contribution in [3.8, 4) is 0 Å². The van der Waals surface area contributed by atoms with E-state index in [1.165, 1.54) is 0 Å². The van der Waals surface area contributed by atoms with E-state index in [9.17, 15) is 4.79 Å². The van der Waals surface area contributed by atoms with Gasteiger partial charge in [0.05, 0.1) is 5.60 Å². The Balaban J connectivity index is 1.73. The molecule has 0 radical (unpaired) electrons. The predicted molar refractivity (Wildman–Crippen MR) is 72.7 cm³/mol. The summed E-state index contributed by atoms with van der Waals surface area (Å²) in [6, 6.07) is 0.237. The molecular formula is C14H26N2O3. The summed E-state index contributed by atoms with van der Waals surface area (Å²) in [5.41, 5.74) is 5.56. The smallest absolute Gasteiger partial charge is 0.246 e. The van der Waals surface area contributed by atoms with Gasteiger partial charge in [-0.25, -0.2) is 0 Å². The molecule has 1 saturated heterocycles. The number of rotatable bonds is 5. The van der Waals surface area contributed by atoms with Crippen LogP contribution in [-0.2, 0) is 14.3 Å². The van der Waals surface area contributed by atoms with Crippen molar-refractivity contribution >= 4 is 5.91 Å². The van der Waals surface area contributed by atoms with Gasteiger partial charge in [-0.05, 0) is 38.0 Å².